The maximum absolute atomic E-state index is 8.89. The van der Waals surface area contributed by atoms with Crippen LogP contribution >= 0.6 is 0 Å². The van der Waals surface area contributed by atoms with Crippen molar-refractivity contribution in [1.29, 1.82) is 0 Å². The molecule has 0 saturated carbocycles. The number of hydrogen-bond acceptors (Lipinski definition) is 3. The van der Waals surface area contributed by atoms with Crippen molar-refractivity contribution in [2.24, 2.45) is 0 Å². The van der Waals surface area contributed by atoms with Crippen LogP contribution in [0.1, 0.15) is 6.92 Å². The molecule has 0 aliphatic carbocycles. The Morgan fingerprint density at radius 3 is 1.62 bits per heavy atom. The van der Waals surface area contributed by atoms with Crippen LogP contribution in [0.3, 0.4) is 0 Å². The molecule has 0 fully saturated rings. The minimum Gasteiger partial charge on any atom is -0.390 e. The van der Waals surface area contributed by atoms with Crippen molar-refractivity contribution >= 4 is 0 Å². The highest BCUT2D eigenvalue weighted by Gasteiger charge is 2.06. The third kappa shape index (κ3) is 2.26. The summed E-state index contributed by atoms with van der Waals surface area (Å²) in [6.45, 7) is 1.73. The van der Waals surface area contributed by atoms with Crippen molar-refractivity contribution in [3.8, 4) is 0 Å². The van der Waals surface area contributed by atoms with Crippen molar-refractivity contribution in [2.75, 3.05) is 14.1 Å². The van der Waals surface area contributed by atoms with E-state index in [1.807, 2.05) is 0 Å². The summed E-state index contributed by atoms with van der Waals surface area (Å²) < 4.78 is 0. The summed E-state index contributed by atoms with van der Waals surface area (Å²) in [5.41, 5.74) is 0. The van der Waals surface area contributed by atoms with E-state index < -0.39 is 0 Å². The van der Waals surface area contributed by atoms with Gasteiger partial charge in [-0.3, -0.25) is 0 Å². The number of likely N-dealkylation sites (N-methyl/N-ethyl adjacent to an activating group) is 2. The van der Waals surface area contributed by atoms with Crippen LogP contribution in [-0.2, 0) is 0 Å². The first-order valence-electron chi connectivity index (χ1n) is 2.75. The van der Waals surface area contributed by atoms with E-state index in [4.69, 9.17) is 5.11 Å². The predicted octanol–water partition coefficient (Wildman–Crippen LogP) is -0.868. The molecule has 0 aliphatic rings. The maximum Gasteiger partial charge on any atom is 0.0831 e. The van der Waals surface area contributed by atoms with Crippen LogP contribution in [0.25, 0.3) is 0 Å². The number of nitrogens with one attached hydrogen (secondary N) is 2. The van der Waals surface area contributed by atoms with E-state index in [0.717, 1.165) is 0 Å². The van der Waals surface area contributed by atoms with E-state index in [1.165, 1.54) is 0 Å². The Labute approximate surface area is 50.1 Å². The summed E-state index contributed by atoms with van der Waals surface area (Å²) in [7, 11) is 3.60. The van der Waals surface area contributed by atoms with Gasteiger partial charge in [0.05, 0.1) is 12.3 Å². The molecule has 0 rings (SSSR count). The fraction of sp³-hybridized carbons (Fsp3) is 1.00. The van der Waals surface area contributed by atoms with E-state index in [0.29, 0.717) is 0 Å². The quantitative estimate of drug-likeness (QED) is 0.422. The van der Waals surface area contributed by atoms with Gasteiger partial charge in [-0.05, 0) is 21.0 Å². The molecule has 0 spiro atoms. The lowest BCUT2D eigenvalue weighted by molar-refractivity contribution is 0.136. The highest BCUT2D eigenvalue weighted by molar-refractivity contribution is 4.63. The normalized spacial score (nSPS) is 14.6. The molecule has 0 amide bonds. The molecular weight excluding hydrogens is 104 g/mol. The lowest BCUT2D eigenvalue weighted by atomic mass is 10.3. The minimum absolute atomic E-state index is 0.00926. The van der Waals surface area contributed by atoms with Crippen molar-refractivity contribution < 1.29 is 5.11 Å². The molecule has 0 aromatic heterocycles. The third-order valence-corrected chi connectivity index (χ3v) is 1.10. The number of hydrogen-bond donors (Lipinski definition) is 3. The molecule has 50 valence electrons. The molecule has 0 aliphatic heterocycles. The van der Waals surface area contributed by atoms with Gasteiger partial charge in [0.15, 0.2) is 0 Å². The van der Waals surface area contributed by atoms with Crippen LogP contribution in [0.5, 0.6) is 0 Å². The minimum atomic E-state index is -0.343. The van der Waals surface area contributed by atoms with Gasteiger partial charge in [0.1, 0.15) is 0 Å². The van der Waals surface area contributed by atoms with Crippen LogP contribution in [0.4, 0.5) is 0 Å². The maximum atomic E-state index is 8.89. The van der Waals surface area contributed by atoms with Crippen molar-refractivity contribution in [3.05, 3.63) is 0 Å². The Morgan fingerprint density at radius 2 is 1.62 bits per heavy atom. The SMILES string of the molecule is CNC(NC)[C@@H](C)O. The van der Waals surface area contributed by atoms with Crippen molar-refractivity contribution in [2.45, 2.75) is 19.2 Å². The second-order valence-electron chi connectivity index (χ2n) is 1.80. The molecule has 8 heavy (non-hydrogen) atoms. The number of rotatable bonds is 3. The molecule has 0 unspecified atom stereocenters. The van der Waals surface area contributed by atoms with Gasteiger partial charge in [-0.15, -0.1) is 0 Å². The van der Waals surface area contributed by atoms with Crippen molar-refractivity contribution in [1.82, 2.24) is 10.6 Å². The standard InChI is InChI=1S/C5H14N2O/c1-4(8)5(6-2)7-3/h4-8H,1-3H3/t4-/m1/s1. The zero-order chi connectivity index (χ0) is 6.57. The first-order chi connectivity index (χ1) is 3.72. The Bertz CT molecular complexity index is 52.4. The van der Waals surface area contributed by atoms with E-state index >= 15 is 0 Å². The Balaban J connectivity index is 3.35. The van der Waals surface area contributed by atoms with Crippen LogP contribution in [0.2, 0.25) is 0 Å². The molecule has 0 bridgehead atoms. The van der Waals surface area contributed by atoms with E-state index in [-0.39, 0.29) is 12.3 Å². The molecule has 0 radical (unpaired) electrons. The van der Waals surface area contributed by atoms with Crippen molar-refractivity contribution in [3.63, 3.8) is 0 Å². The summed E-state index contributed by atoms with van der Waals surface area (Å²) in [6, 6.07) is 0. The lowest BCUT2D eigenvalue weighted by Crippen LogP contribution is -2.45. The van der Waals surface area contributed by atoms with Gasteiger partial charge in [-0.2, -0.15) is 0 Å². The summed E-state index contributed by atoms with van der Waals surface area (Å²) in [5.74, 6) is 0. The molecule has 3 N–H and O–H groups in total. The van der Waals surface area contributed by atoms with Gasteiger partial charge in [0.25, 0.3) is 0 Å². The first-order valence-corrected chi connectivity index (χ1v) is 2.75. The largest absolute Gasteiger partial charge is 0.390 e. The second kappa shape index (κ2) is 3.83. The highest BCUT2D eigenvalue weighted by Crippen LogP contribution is 1.83. The fourth-order valence-electron chi connectivity index (χ4n) is 0.627. The Hall–Kier alpha value is -0.120. The Morgan fingerprint density at radius 1 is 1.25 bits per heavy atom. The van der Waals surface area contributed by atoms with E-state index in [9.17, 15) is 0 Å². The smallest absolute Gasteiger partial charge is 0.0831 e. The zero-order valence-electron chi connectivity index (χ0n) is 5.60. The predicted molar refractivity (Wildman–Crippen MR) is 33.6 cm³/mol. The van der Waals surface area contributed by atoms with Crippen LogP contribution in [-0.4, -0.2) is 31.5 Å². The topological polar surface area (TPSA) is 44.3 Å². The highest BCUT2D eigenvalue weighted by atomic mass is 16.3. The molecule has 1 atom stereocenters. The molecule has 3 heteroatoms. The average Bonchev–Trinajstić information content (AvgIpc) is 1.69. The number of aliphatic hydroxyl groups is 1. The van der Waals surface area contributed by atoms with E-state index in [2.05, 4.69) is 10.6 Å². The molecule has 0 aromatic carbocycles. The summed E-state index contributed by atoms with van der Waals surface area (Å²) in [4.78, 5) is 0. The second-order valence-corrected chi connectivity index (χ2v) is 1.80. The molecule has 0 aromatic rings. The monoisotopic (exact) mass is 118 g/mol. The zero-order valence-corrected chi connectivity index (χ0v) is 5.60. The van der Waals surface area contributed by atoms with Crippen LogP contribution < -0.4 is 10.6 Å². The molecule has 0 saturated heterocycles. The summed E-state index contributed by atoms with van der Waals surface area (Å²) in [6.07, 6.45) is -0.333. The fourth-order valence-corrected chi connectivity index (χ4v) is 0.627. The van der Waals surface area contributed by atoms with Crippen LogP contribution in [0.15, 0.2) is 0 Å². The summed E-state index contributed by atoms with van der Waals surface area (Å²) >= 11 is 0. The first kappa shape index (κ1) is 7.88. The van der Waals surface area contributed by atoms with E-state index in [1.54, 1.807) is 21.0 Å². The van der Waals surface area contributed by atoms with Gasteiger partial charge in [-0.25, -0.2) is 0 Å². The van der Waals surface area contributed by atoms with Crippen LogP contribution in [0, 0.1) is 0 Å². The van der Waals surface area contributed by atoms with Gasteiger partial charge in [0, 0.05) is 0 Å². The van der Waals surface area contributed by atoms with Gasteiger partial charge >= 0.3 is 0 Å². The molecule has 0 heterocycles. The molecular formula is C5H14N2O. The van der Waals surface area contributed by atoms with Gasteiger partial charge in [0.2, 0.25) is 0 Å². The number of aliphatic hydroxyl groups excluding tert-OH is 1. The summed E-state index contributed by atoms with van der Waals surface area (Å²) in [5, 5.41) is 14.7. The van der Waals surface area contributed by atoms with Gasteiger partial charge in [-0.1, -0.05) is 0 Å². The third-order valence-electron chi connectivity index (χ3n) is 1.10. The average molecular weight is 118 g/mol. The lowest BCUT2D eigenvalue weighted by Gasteiger charge is -2.17. The molecule has 3 nitrogen and oxygen atoms in total. The Kier molecular flexibility index (Phi) is 3.77. The van der Waals surface area contributed by atoms with Gasteiger partial charge < -0.3 is 15.7 Å².